The van der Waals surface area contributed by atoms with E-state index in [1.54, 1.807) is 35.6 Å². The van der Waals surface area contributed by atoms with Crippen molar-refractivity contribution in [3.8, 4) is 5.75 Å². The van der Waals surface area contributed by atoms with Crippen LogP contribution in [0.15, 0.2) is 71.2 Å². The highest BCUT2D eigenvalue weighted by Crippen LogP contribution is 2.39. The molecule has 3 rings (SSSR count). The molecule has 0 aliphatic heterocycles. The summed E-state index contributed by atoms with van der Waals surface area (Å²) in [5.41, 5.74) is -2.06. The Morgan fingerprint density at radius 1 is 0.897 bits per heavy atom. The van der Waals surface area contributed by atoms with Gasteiger partial charge in [-0.25, -0.2) is 13.6 Å². The van der Waals surface area contributed by atoms with Crippen LogP contribution < -0.4 is 15.4 Å². The lowest BCUT2D eigenvalue weighted by atomic mass is 9.77. The number of benzene rings is 3. The van der Waals surface area contributed by atoms with Crippen molar-refractivity contribution in [2.75, 3.05) is 6.54 Å². The van der Waals surface area contributed by atoms with Gasteiger partial charge in [0.15, 0.2) is 0 Å². The van der Waals surface area contributed by atoms with Crippen LogP contribution in [0.5, 0.6) is 5.75 Å². The average molecular weight is 629 g/mol. The number of ether oxygens (including phenoxy) is 1. The van der Waals surface area contributed by atoms with Gasteiger partial charge < -0.3 is 15.4 Å². The molecule has 0 spiro atoms. The van der Waals surface area contributed by atoms with E-state index in [4.69, 9.17) is 0 Å². The fraction of sp³-hybridized carbons (Fsp3) is 0.240. The van der Waals surface area contributed by atoms with Gasteiger partial charge in [0, 0.05) is 12.5 Å². The average Bonchev–Trinajstić information content (AvgIpc) is 2.83. The molecule has 0 aliphatic rings. The summed E-state index contributed by atoms with van der Waals surface area (Å²) in [6, 6.07) is 11.5. The number of halogens is 10. The smallest absolute Gasteiger partial charge is 0.428 e. The first-order valence-electron chi connectivity index (χ1n) is 10.9. The van der Waals surface area contributed by atoms with Crippen molar-refractivity contribution < 1.29 is 49.0 Å². The lowest BCUT2D eigenvalue weighted by Crippen LogP contribution is -2.53. The Morgan fingerprint density at radius 2 is 1.56 bits per heavy atom. The van der Waals surface area contributed by atoms with E-state index in [1.165, 1.54) is 0 Å². The van der Waals surface area contributed by atoms with Crippen molar-refractivity contribution >= 4 is 22.0 Å². The van der Waals surface area contributed by atoms with Crippen LogP contribution in [0.2, 0.25) is 0 Å². The van der Waals surface area contributed by atoms with E-state index in [2.05, 4.69) is 26.0 Å². The third kappa shape index (κ3) is 7.80. The number of hydrogen-bond donors (Lipinski definition) is 2. The molecule has 210 valence electrons. The number of nitrogens with one attached hydrogen (secondary N) is 2. The number of rotatable bonds is 9. The van der Waals surface area contributed by atoms with Crippen LogP contribution in [-0.4, -0.2) is 31.3 Å². The van der Waals surface area contributed by atoms with Gasteiger partial charge in [-0.1, -0.05) is 36.4 Å². The molecule has 0 bridgehead atoms. The summed E-state index contributed by atoms with van der Waals surface area (Å²) in [6.07, 6.45) is -14.4. The summed E-state index contributed by atoms with van der Waals surface area (Å²) in [6.45, 7) is -1.76. The van der Waals surface area contributed by atoms with Gasteiger partial charge in [-0.2, -0.15) is 30.7 Å². The zero-order chi connectivity index (χ0) is 29.0. The molecule has 0 saturated heterocycles. The summed E-state index contributed by atoms with van der Waals surface area (Å²) in [7, 11) is 0. The van der Waals surface area contributed by atoms with Gasteiger partial charge in [-0.15, -0.1) is 0 Å². The minimum absolute atomic E-state index is 0.0287. The lowest BCUT2D eigenvalue weighted by molar-refractivity contribution is -0.253. The second kappa shape index (κ2) is 11.8. The molecular formula is C25H18BrF9N2O2. The highest BCUT2D eigenvalue weighted by Gasteiger charge is 2.45. The normalized spacial score (nSPS) is 13.6. The highest BCUT2D eigenvalue weighted by molar-refractivity contribution is 9.10. The monoisotopic (exact) mass is 628 g/mol. The second-order valence-corrected chi connectivity index (χ2v) is 9.11. The maximum atomic E-state index is 14.7. The molecule has 2 amide bonds. The standard InChI is InChI=1S/C25H18BrF9N2O2/c26-19-10-15(6-7-20(19)28)23(12-14-4-2-1-3-5-14,37-22(38)36-13-24(31,32)33)16-8-17(27)11-18(9-16)39-25(34,35)21(29)30/h1-11,21H,12-13H2,(H2,36,37,38)/t23-/m1/s1. The van der Waals surface area contributed by atoms with E-state index >= 15 is 0 Å². The van der Waals surface area contributed by atoms with E-state index in [9.17, 15) is 44.3 Å². The molecule has 0 aromatic heterocycles. The molecule has 0 aliphatic carbocycles. The predicted octanol–water partition coefficient (Wildman–Crippen LogP) is 7.31. The fourth-order valence-electron chi connectivity index (χ4n) is 3.71. The van der Waals surface area contributed by atoms with Gasteiger partial charge >= 0.3 is 24.7 Å². The van der Waals surface area contributed by atoms with Crippen LogP contribution >= 0.6 is 15.9 Å². The predicted molar refractivity (Wildman–Crippen MR) is 126 cm³/mol. The number of hydrogen-bond acceptors (Lipinski definition) is 2. The number of amides is 2. The molecule has 0 unspecified atom stereocenters. The number of urea groups is 1. The largest absolute Gasteiger partial charge is 0.461 e. The number of carbonyl (C=O) groups is 1. The Bertz CT molecular complexity index is 1310. The van der Waals surface area contributed by atoms with Gasteiger partial charge in [0.1, 0.15) is 23.9 Å². The summed E-state index contributed by atoms with van der Waals surface area (Å²) < 4.78 is 124. The molecular weight excluding hydrogens is 611 g/mol. The highest BCUT2D eigenvalue weighted by atomic mass is 79.9. The topological polar surface area (TPSA) is 50.4 Å². The zero-order valence-electron chi connectivity index (χ0n) is 19.4. The summed E-state index contributed by atoms with van der Waals surface area (Å²) in [5.74, 6) is -3.09. The van der Waals surface area contributed by atoms with Crippen LogP contribution in [0, 0.1) is 11.6 Å². The maximum Gasteiger partial charge on any atom is 0.461 e. The van der Waals surface area contributed by atoms with E-state index in [1.807, 2.05) is 0 Å². The van der Waals surface area contributed by atoms with Gasteiger partial charge in [0.25, 0.3) is 0 Å². The van der Waals surface area contributed by atoms with Crippen LogP contribution in [0.25, 0.3) is 0 Å². The van der Waals surface area contributed by atoms with Crippen molar-refractivity contribution in [1.29, 1.82) is 0 Å². The molecule has 39 heavy (non-hydrogen) atoms. The van der Waals surface area contributed by atoms with Crippen LogP contribution in [0.1, 0.15) is 16.7 Å². The Hall–Kier alpha value is -3.42. The quantitative estimate of drug-likeness (QED) is 0.244. The molecule has 0 heterocycles. The summed E-state index contributed by atoms with van der Waals surface area (Å²) >= 11 is 2.97. The lowest BCUT2D eigenvalue weighted by Gasteiger charge is -2.37. The number of carbonyl (C=O) groups excluding carboxylic acids is 1. The van der Waals surface area contributed by atoms with Gasteiger partial charge in [0.05, 0.1) is 10.0 Å². The Labute approximate surface area is 224 Å². The first-order valence-corrected chi connectivity index (χ1v) is 11.7. The van der Waals surface area contributed by atoms with Crippen molar-refractivity contribution in [2.24, 2.45) is 0 Å². The molecule has 0 radical (unpaired) electrons. The second-order valence-electron chi connectivity index (χ2n) is 8.26. The van der Waals surface area contributed by atoms with Crippen molar-refractivity contribution in [2.45, 2.75) is 30.7 Å². The van der Waals surface area contributed by atoms with Crippen molar-refractivity contribution in [1.82, 2.24) is 10.6 Å². The first kappa shape index (κ1) is 30.1. The van der Waals surface area contributed by atoms with E-state index in [-0.39, 0.29) is 22.0 Å². The van der Waals surface area contributed by atoms with Crippen LogP contribution in [-0.2, 0) is 12.0 Å². The SMILES string of the molecule is O=C(NCC(F)(F)F)N[C@@](Cc1ccccc1)(c1cc(F)cc(OC(F)(F)C(F)F)c1)c1ccc(F)c(Br)c1. The van der Waals surface area contributed by atoms with Crippen molar-refractivity contribution in [3.05, 3.63) is 99.5 Å². The van der Waals surface area contributed by atoms with E-state index in [0.29, 0.717) is 11.6 Å². The minimum atomic E-state index is -5.02. The summed E-state index contributed by atoms with van der Waals surface area (Å²) in [5, 5.41) is 3.93. The van der Waals surface area contributed by atoms with Gasteiger partial charge in [-0.3, -0.25) is 0 Å². The molecule has 3 aromatic carbocycles. The molecule has 2 N–H and O–H groups in total. The molecule has 4 nitrogen and oxygen atoms in total. The Balaban J connectivity index is 2.25. The fourth-order valence-corrected chi connectivity index (χ4v) is 4.09. The third-order valence-electron chi connectivity index (χ3n) is 5.37. The third-order valence-corrected chi connectivity index (χ3v) is 5.98. The van der Waals surface area contributed by atoms with Crippen LogP contribution in [0.3, 0.4) is 0 Å². The Kier molecular flexibility index (Phi) is 9.08. The first-order chi connectivity index (χ1) is 18.1. The van der Waals surface area contributed by atoms with E-state index < -0.39 is 54.2 Å². The molecule has 1 atom stereocenters. The van der Waals surface area contributed by atoms with Gasteiger partial charge in [-0.05, 0) is 56.9 Å². The van der Waals surface area contributed by atoms with Gasteiger partial charge in [0.2, 0.25) is 0 Å². The minimum Gasteiger partial charge on any atom is -0.428 e. The molecule has 3 aromatic rings. The summed E-state index contributed by atoms with van der Waals surface area (Å²) in [4.78, 5) is 12.7. The maximum absolute atomic E-state index is 14.7. The Morgan fingerprint density at radius 3 is 2.15 bits per heavy atom. The van der Waals surface area contributed by atoms with Crippen LogP contribution in [0.4, 0.5) is 44.3 Å². The zero-order valence-corrected chi connectivity index (χ0v) is 21.0. The molecule has 0 saturated carbocycles. The number of alkyl halides is 7. The molecule has 0 fully saturated rings. The van der Waals surface area contributed by atoms with E-state index in [0.717, 1.165) is 30.3 Å². The molecule has 14 heteroatoms. The van der Waals surface area contributed by atoms with Crippen molar-refractivity contribution in [3.63, 3.8) is 0 Å².